The number of nitrogens with one attached hydrogen (secondary N) is 4. The minimum atomic E-state index is -0.589. The van der Waals surface area contributed by atoms with E-state index >= 15 is 0 Å². The summed E-state index contributed by atoms with van der Waals surface area (Å²) in [5.74, 6) is -0.719. The summed E-state index contributed by atoms with van der Waals surface area (Å²) in [6.07, 6.45) is 2.79. The van der Waals surface area contributed by atoms with Crippen LogP contribution in [0.25, 0.3) is 0 Å². The third-order valence-corrected chi connectivity index (χ3v) is 6.61. The molecule has 1 aliphatic heterocycles. The van der Waals surface area contributed by atoms with E-state index in [2.05, 4.69) is 31.2 Å². The summed E-state index contributed by atoms with van der Waals surface area (Å²) >= 11 is 0. The molecule has 2 fully saturated rings. The fourth-order valence-corrected chi connectivity index (χ4v) is 5.40. The summed E-state index contributed by atoms with van der Waals surface area (Å²) in [7, 11) is 0. The molecule has 2 aliphatic carbocycles. The number of hydrogen-bond donors (Lipinski definition) is 5. The van der Waals surface area contributed by atoms with Crippen molar-refractivity contribution in [2.45, 2.75) is 18.9 Å². The van der Waals surface area contributed by atoms with Crippen LogP contribution in [0.15, 0.2) is 30.5 Å². The van der Waals surface area contributed by atoms with Gasteiger partial charge in [0.15, 0.2) is 11.6 Å². The fraction of sp³-hybridized carbons (Fsp3) is 0.429. The summed E-state index contributed by atoms with van der Waals surface area (Å²) in [5.41, 5.74) is 6.98. The molecule has 3 aliphatic rings. The van der Waals surface area contributed by atoms with Gasteiger partial charge in [0.05, 0.1) is 18.7 Å². The van der Waals surface area contributed by atoms with Gasteiger partial charge in [-0.1, -0.05) is 6.07 Å². The second-order valence-electron chi connectivity index (χ2n) is 8.53. The number of carbonyl (C=O) groups is 2. The van der Waals surface area contributed by atoms with Crippen LogP contribution in [0, 0.1) is 29.5 Å². The lowest BCUT2D eigenvalue weighted by molar-refractivity contribution is -0.123. The monoisotopic (exact) mass is 425 g/mol. The van der Waals surface area contributed by atoms with Gasteiger partial charge in [-0.2, -0.15) is 4.98 Å². The van der Waals surface area contributed by atoms with Gasteiger partial charge >= 0.3 is 0 Å². The lowest BCUT2D eigenvalue weighted by Gasteiger charge is -2.35. The zero-order valence-electron chi connectivity index (χ0n) is 16.8. The first-order valence-corrected chi connectivity index (χ1v) is 10.4. The minimum absolute atomic E-state index is 0.0459. The van der Waals surface area contributed by atoms with Crippen LogP contribution in [0.5, 0.6) is 0 Å². The molecule has 5 atom stereocenters. The molecule has 1 aromatic heterocycles. The number of halogens is 1. The van der Waals surface area contributed by atoms with Gasteiger partial charge in [-0.25, -0.2) is 9.37 Å². The topological polar surface area (TPSA) is 134 Å². The molecule has 2 aromatic rings. The molecule has 1 aromatic carbocycles. The van der Waals surface area contributed by atoms with E-state index in [9.17, 15) is 14.0 Å². The number of fused-ring (bicyclic) bond motifs is 5. The van der Waals surface area contributed by atoms with Gasteiger partial charge in [0.1, 0.15) is 0 Å². The number of nitrogens with zero attached hydrogens (tertiary/aromatic N) is 2. The molecule has 5 rings (SSSR count). The van der Waals surface area contributed by atoms with Crippen LogP contribution in [0.1, 0.15) is 12.8 Å². The van der Waals surface area contributed by atoms with E-state index < -0.39 is 5.82 Å². The van der Waals surface area contributed by atoms with Crippen LogP contribution >= 0.6 is 0 Å². The maximum Gasteiger partial charge on any atom is 0.238 e. The van der Waals surface area contributed by atoms with Crippen molar-refractivity contribution in [3.05, 3.63) is 36.3 Å². The Morgan fingerprint density at radius 3 is 2.77 bits per heavy atom. The number of anilines is 4. The first-order valence-electron chi connectivity index (χ1n) is 10.4. The number of amides is 2. The molecule has 6 N–H and O–H groups in total. The number of nitrogens with two attached hydrogens (primary N) is 1. The van der Waals surface area contributed by atoms with Crippen LogP contribution in [-0.2, 0) is 9.59 Å². The lowest BCUT2D eigenvalue weighted by atomic mass is 9.77. The Labute approximate surface area is 178 Å². The third-order valence-electron chi connectivity index (χ3n) is 6.61. The lowest BCUT2D eigenvalue weighted by Crippen LogP contribution is -2.47. The molecule has 5 unspecified atom stereocenters. The van der Waals surface area contributed by atoms with Crippen LogP contribution in [-0.4, -0.2) is 40.9 Å². The Hall–Kier alpha value is -3.27. The first kappa shape index (κ1) is 19.7. The molecule has 0 spiro atoms. The Balaban J connectivity index is 1.50. The standard InChI is InChI=1S/C21H24FN7O2/c22-15-8-25-21-27-13-3-1-2-12(6-13)26-16(30)9-24-7-11-4-10-5-14(11)18(17(10)19(23)31)28-20(15)29-21/h1-3,6,8,10-11,14,17-18,24H,4-5,7,9H2,(H2,23,31)(H,26,30)(H2,25,27,28,29). The molecule has 0 radical (unpaired) electrons. The van der Waals surface area contributed by atoms with E-state index in [0.717, 1.165) is 19.0 Å². The summed E-state index contributed by atoms with van der Waals surface area (Å²) in [5, 5.41) is 12.3. The minimum Gasteiger partial charge on any atom is -0.369 e. The zero-order valence-corrected chi connectivity index (χ0v) is 16.8. The van der Waals surface area contributed by atoms with Crippen molar-refractivity contribution in [1.82, 2.24) is 15.3 Å². The molecule has 10 heteroatoms. The summed E-state index contributed by atoms with van der Waals surface area (Å²) < 4.78 is 14.6. The Bertz CT molecular complexity index is 1030. The van der Waals surface area contributed by atoms with Crippen molar-refractivity contribution >= 4 is 35.0 Å². The predicted molar refractivity (Wildman–Crippen MR) is 113 cm³/mol. The number of aromatic nitrogens is 2. The van der Waals surface area contributed by atoms with E-state index in [1.165, 1.54) is 0 Å². The van der Waals surface area contributed by atoms with Gasteiger partial charge in [-0.05, 0) is 55.3 Å². The maximum absolute atomic E-state index is 14.6. The van der Waals surface area contributed by atoms with Crippen LogP contribution in [0.4, 0.5) is 27.5 Å². The highest BCUT2D eigenvalue weighted by molar-refractivity contribution is 5.92. The average molecular weight is 425 g/mol. The molecule has 162 valence electrons. The van der Waals surface area contributed by atoms with Crippen LogP contribution < -0.4 is 27.0 Å². The molecule has 6 bridgehead atoms. The Morgan fingerprint density at radius 2 is 1.97 bits per heavy atom. The highest BCUT2D eigenvalue weighted by Crippen LogP contribution is 2.52. The Morgan fingerprint density at radius 1 is 1.16 bits per heavy atom. The predicted octanol–water partition coefficient (Wildman–Crippen LogP) is 1.44. The van der Waals surface area contributed by atoms with E-state index in [4.69, 9.17) is 5.73 Å². The van der Waals surface area contributed by atoms with Crippen molar-refractivity contribution in [2.75, 3.05) is 29.0 Å². The van der Waals surface area contributed by atoms with Gasteiger partial charge in [0, 0.05) is 17.4 Å². The van der Waals surface area contributed by atoms with E-state index in [1.807, 2.05) is 0 Å². The maximum atomic E-state index is 14.6. The average Bonchev–Trinajstić information content (AvgIpc) is 3.28. The molecular formula is C21H24FN7O2. The van der Waals surface area contributed by atoms with E-state index in [1.54, 1.807) is 24.3 Å². The van der Waals surface area contributed by atoms with Gasteiger partial charge in [0.25, 0.3) is 0 Å². The van der Waals surface area contributed by atoms with Gasteiger partial charge in [-0.15, -0.1) is 0 Å². The van der Waals surface area contributed by atoms with Crippen molar-refractivity contribution < 1.29 is 14.0 Å². The number of carbonyl (C=O) groups excluding carboxylic acids is 2. The van der Waals surface area contributed by atoms with Gasteiger partial charge in [0.2, 0.25) is 17.8 Å². The van der Waals surface area contributed by atoms with Gasteiger partial charge in [-0.3, -0.25) is 9.59 Å². The zero-order chi connectivity index (χ0) is 21.5. The van der Waals surface area contributed by atoms with Crippen molar-refractivity contribution in [3.8, 4) is 0 Å². The fourth-order valence-electron chi connectivity index (χ4n) is 5.40. The number of hydrogen-bond acceptors (Lipinski definition) is 7. The molecule has 31 heavy (non-hydrogen) atoms. The molecule has 0 saturated heterocycles. The molecule has 2 saturated carbocycles. The molecule has 2 heterocycles. The highest BCUT2D eigenvalue weighted by atomic mass is 19.1. The summed E-state index contributed by atoms with van der Waals surface area (Å²) in [6, 6.07) is 6.79. The van der Waals surface area contributed by atoms with E-state index in [-0.39, 0.29) is 59.8 Å². The molecule has 2 amide bonds. The van der Waals surface area contributed by atoms with Crippen molar-refractivity contribution in [3.63, 3.8) is 0 Å². The van der Waals surface area contributed by atoms with Crippen molar-refractivity contribution in [2.24, 2.45) is 29.4 Å². The normalized spacial score (nSPS) is 29.6. The molecular weight excluding hydrogens is 401 g/mol. The second kappa shape index (κ2) is 7.77. The van der Waals surface area contributed by atoms with E-state index in [0.29, 0.717) is 17.9 Å². The number of benzene rings is 1. The first-order chi connectivity index (χ1) is 15.0. The SMILES string of the molecule is NC(=O)C1C2CC3CNCC(=O)Nc4cccc(c4)Nc4ncc(F)c(n4)NC1C3C2. The largest absolute Gasteiger partial charge is 0.369 e. The van der Waals surface area contributed by atoms with Crippen LogP contribution in [0.2, 0.25) is 0 Å². The smallest absolute Gasteiger partial charge is 0.238 e. The number of primary amides is 1. The summed E-state index contributed by atoms with van der Waals surface area (Å²) in [4.78, 5) is 32.8. The third kappa shape index (κ3) is 3.78. The Kier molecular flexibility index (Phi) is 4.93. The van der Waals surface area contributed by atoms with Crippen molar-refractivity contribution in [1.29, 1.82) is 0 Å². The number of rotatable bonds is 1. The quantitative estimate of drug-likeness (QED) is 0.467. The van der Waals surface area contributed by atoms with Crippen LogP contribution in [0.3, 0.4) is 0 Å². The van der Waals surface area contributed by atoms with Gasteiger partial charge < -0.3 is 27.0 Å². The second-order valence-corrected chi connectivity index (χ2v) is 8.53. The summed E-state index contributed by atoms with van der Waals surface area (Å²) in [6.45, 7) is 0.816. The molecule has 9 nitrogen and oxygen atoms in total. The highest BCUT2D eigenvalue weighted by Gasteiger charge is 2.54.